The summed E-state index contributed by atoms with van der Waals surface area (Å²) in [6.07, 6.45) is 4.40. The molecule has 0 aliphatic carbocycles. The van der Waals surface area contributed by atoms with Gasteiger partial charge in [-0.2, -0.15) is 0 Å². The molecule has 0 spiro atoms. The van der Waals surface area contributed by atoms with Crippen molar-refractivity contribution in [3.63, 3.8) is 0 Å². The molecule has 23 heteroatoms. The summed E-state index contributed by atoms with van der Waals surface area (Å²) in [6.45, 7) is 31.4. The first-order valence-electron chi connectivity index (χ1n) is 30.7. The summed E-state index contributed by atoms with van der Waals surface area (Å²) < 4.78 is 0. The number of hydrogen-bond donors (Lipinski definition) is 5. The van der Waals surface area contributed by atoms with Gasteiger partial charge in [-0.15, -0.1) is 6.58 Å². The molecule has 23 nitrogen and oxygen atoms in total. The first kappa shape index (κ1) is 77.6. The molecular weight excluding hydrogens is 1100 g/mol. The molecule has 490 valence electrons. The number of nitrogens with one attached hydrogen (secondary N) is 4. The predicted octanol–water partition coefficient (Wildman–Crippen LogP) is 3.44. The van der Waals surface area contributed by atoms with Crippen molar-refractivity contribution in [3.8, 4) is 0 Å². The summed E-state index contributed by atoms with van der Waals surface area (Å²) in [5.74, 6) is -10.1. The highest BCUT2D eigenvalue weighted by Crippen LogP contribution is 2.26. The van der Waals surface area contributed by atoms with Crippen LogP contribution in [0.15, 0.2) is 24.8 Å². The van der Waals surface area contributed by atoms with Gasteiger partial charge in [0.2, 0.25) is 65.0 Å². The second-order valence-corrected chi connectivity index (χ2v) is 25.9. The Labute approximate surface area is 514 Å². The molecule has 0 aromatic carbocycles. The van der Waals surface area contributed by atoms with Crippen LogP contribution in [-0.2, 0) is 52.7 Å². The van der Waals surface area contributed by atoms with Gasteiger partial charge < -0.3 is 60.7 Å². The van der Waals surface area contributed by atoms with Crippen molar-refractivity contribution in [2.75, 3.05) is 55.9 Å². The fraction of sp³-hybridized carbons (Fsp3) is 0.762. The van der Waals surface area contributed by atoms with Crippen molar-refractivity contribution in [1.82, 2.24) is 55.6 Å². The number of carbonyl (C=O) groups excluding carboxylic acids is 11. The molecular formula is C63H111N11O12. The quantitative estimate of drug-likeness (QED) is 0.139. The average molecular weight is 1210 g/mol. The molecule has 0 saturated carbocycles. The third-order valence-corrected chi connectivity index (χ3v) is 16.3. The van der Waals surface area contributed by atoms with Crippen molar-refractivity contribution >= 4 is 65.0 Å². The number of aliphatic hydroxyl groups excluding tert-OH is 1. The monoisotopic (exact) mass is 1210 g/mol. The molecule has 13 atom stereocenters. The summed E-state index contributed by atoms with van der Waals surface area (Å²) in [7, 11) is 9.84. The number of likely N-dealkylation sites (N-methyl/N-ethyl adjacent to an activating group) is 7. The first-order chi connectivity index (χ1) is 39.7. The number of aliphatic hydroxyl groups is 1. The van der Waals surface area contributed by atoms with Gasteiger partial charge in [0, 0.05) is 55.3 Å². The number of amides is 11. The minimum atomic E-state index is -1.64. The van der Waals surface area contributed by atoms with E-state index in [1.54, 1.807) is 53.7 Å². The van der Waals surface area contributed by atoms with Crippen LogP contribution in [-0.4, -0.2) is 227 Å². The van der Waals surface area contributed by atoms with E-state index >= 15 is 9.59 Å². The minimum absolute atomic E-state index is 0.0105. The lowest BCUT2D eigenvalue weighted by atomic mass is 9.91. The van der Waals surface area contributed by atoms with E-state index in [9.17, 15) is 48.3 Å². The number of allylic oxidation sites excluding steroid dienone is 2. The first-order valence-corrected chi connectivity index (χ1v) is 30.7. The lowest BCUT2D eigenvalue weighted by Gasteiger charge is -2.41. The van der Waals surface area contributed by atoms with E-state index in [2.05, 4.69) is 27.8 Å². The van der Waals surface area contributed by atoms with E-state index in [-0.39, 0.29) is 55.8 Å². The Kier molecular flexibility index (Phi) is 32.0. The van der Waals surface area contributed by atoms with Crippen molar-refractivity contribution in [3.05, 3.63) is 24.8 Å². The van der Waals surface area contributed by atoms with Crippen LogP contribution < -0.4 is 21.3 Å². The largest absolute Gasteiger partial charge is 0.390 e. The van der Waals surface area contributed by atoms with E-state index in [0.717, 1.165) is 9.80 Å². The molecule has 1 aliphatic rings. The van der Waals surface area contributed by atoms with Crippen molar-refractivity contribution in [2.24, 2.45) is 41.4 Å². The van der Waals surface area contributed by atoms with Crippen LogP contribution in [0.3, 0.4) is 0 Å². The van der Waals surface area contributed by atoms with E-state index < -0.39 is 156 Å². The summed E-state index contributed by atoms with van der Waals surface area (Å²) in [6, 6.07) is -12.6. The highest BCUT2D eigenvalue weighted by atomic mass is 16.3. The zero-order chi connectivity index (χ0) is 66.7. The van der Waals surface area contributed by atoms with Gasteiger partial charge in [-0.25, -0.2) is 0 Å². The van der Waals surface area contributed by atoms with Crippen molar-refractivity contribution in [1.29, 1.82) is 0 Å². The number of hydrogen-bond acceptors (Lipinski definition) is 12. The Balaban J connectivity index is 4.36. The van der Waals surface area contributed by atoms with Crippen LogP contribution in [0.25, 0.3) is 0 Å². The highest BCUT2D eigenvalue weighted by molar-refractivity contribution is 5.99. The summed E-state index contributed by atoms with van der Waals surface area (Å²) in [4.78, 5) is 169. The number of nitrogens with zero attached hydrogens (tertiary/aromatic N) is 7. The smallest absolute Gasteiger partial charge is 0.246 e. The molecule has 1 rings (SSSR count). The molecule has 0 aromatic rings. The molecule has 1 fully saturated rings. The minimum Gasteiger partial charge on any atom is -0.390 e. The lowest BCUT2D eigenvalue weighted by Crippen LogP contribution is -2.63. The Morgan fingerprint density at radius 1 is 0.500 bits per heavy atom. The number of carbonyl (C=O) groups is 11. The summed E-state index contributed by atoms with van der Waals surface area (Å²) in [5.41, 5.74) is 0. The van der Waals surface area contributed by atoms with Gasteiger partial charge in [0.15, 0.2) is 0 Å². The molecule has 0 unspecified atom stereocenters. The predicted molar refractivity (Wildman–Crippen MR) is 333 cm³/mol. The molecule has 1 heterocycles. The molecule has 11 amide bonds. The molecule has 1 saturated heterocycles. The second-order valence-electron chi connectivity index (χ2n) is 25.9. The normalized spacial score (nSPS) is 27.0. The van der Waals surface area contributed by atoms with E-state index in [1.165, 1.54) is 93.8 Å². The van der Waals surface area contributed by atoms with Crippen LogP contribution in [0.2, 0.25) is 0 Å². The van der Waals surface area contributed by atoms with Gasteiger partial charge in [0.1, 0.15) is 60.4 Å². The van der Waals surface area contributed by atoms with Gasteiger partial charge in [0.25, 0.3) is 0 Å². The fourth-order valence-electron chi connectivity index (χ4n) is 10.7. The lowest BCUT2D eigenvalue weighted by molar-refractivity contribution is -0.157. The number of rotatable bonds is 16. The SMILES string of the molecule is C=C[C@H](C)[C@H]1C(=O)N(C)[C@@H]([C@H](O)[C@H](C)C/C=C/C)C(=O)N[C@@H](CC)C(=O)N(C)CC(=O)N(C)[C@H](CC(C)C)C(=O)N[C@H](C(C)C)C(=O)N(C)[C@H](CC(C)C)C(=O)N[C@@H](C)C(=O)N[C@H](C)C(=O)N(C)[C@@H](CC(C)C)C(=O)N(C)[C@@H](CC(C)C)C(=O)N1C. The molecule has 1 aliphatic heterocycles. The third kappa shape index (κ3) is 21.5. The average Bonchev–Trinajstić information content (AvgIpc) is 1.57. The Bertz CT molecular complexity index is 2380. The van der Waals surface area contributed by atoms with Gasteiger partial charge >= 0.3 is 0 Å². The zero-order valence-electron chi connectivity index (χ0n) is 56.3. The molecule has 0 aromatic heterocycles. The van der Waals surface area contributed by atoms with E-state index in [1.807, 2.05) is 55.4 Å². The Morgan fingerprint density at radius 2 is 0.919 bits per heavy atom. The Hall–Kier alpha value is -6.39. The van der Waals surface area contributed by atoms with Gasteiger partial charge in [-0.3, -0.25) is 52.7 Å². The molecule has 86 heavy (non-hydrogen) atoms. The van der Waals surface area contributed by atoms with Crippen molar-refractivity contribution < 1.29 is 57.8 Å². The van der Waals surface area contributed by atoms with Crippen LogP contribution in [0.4, 0.5) is 0 Å². The standard InChI is InChI=1S/C63H111N11O12/c1-25-28-29-41(15)53(76)52-57(80)66-44(27-3)59(82)68(18)34-49(75)69(19)45(30-35(4)5)56(79)67-50(39(12)13)62(85)70(20)46(31-36(6)7)55(78)64-42(16)54(77)65-43(17)58(81)71(21)47(32-37(8)9)60(83)72(22)48(33-38(10)11)61(84)73(23)51(40(14)26-2)63(86)74(52)24/h25-26,28,35-48,50-53,76H,2,27,29-34H2,1,3-24H3,(H,64,78)(H,65,77)(H,66,80)(H,67,79)/b28-25+/t40-,41+,42-,43+,44-,45+,46+,47-,48-,50+,51-,52-,53+/m0/s1. The summed E-state index contributed by atoms with van der Waals surface area (Å²) >= 11 is 0. The summed E-state index contributed by atoms with van der Waals surface area (Å²) in [5, 5.41) is 23.1. The maximum atomic E-state index is 15.2. The van der Waals surface area contributed by atoms with Gasteiger partial charge in [0.05, 0.1) is 12.6 Å². The third-order valence-electron chi connectivity index (χ3n) is 16.3. The van der Waals surface area contributed by atoms with Crippen LogP contribution in [0.5, 0.6) is 0 Å². The van der Waals surface area contributed by atoms with Crippen LogP contribution in [0.1, 0.15) is 149 Å². The Morgan fingerprint density at radius 3 is 1.37 bits per heavy atom. The van der Waals surface area contributed by atoms with E-state index in [4.69, 9.17) is 0 Å². The zero-order valence-corrected chi connectivity index (χ0v) is 56.3. The topological polar surface area (TPSA) is 279 Å². The fourth-order valence-corrected chi connectivity index (χ4v) is 10.7. The van der Waals surface area contributed by atoms with E-state index in [0.29, 0.717) is 6.42 Å². The van der Waals surface area contributed by atoms with Gasteiger partial charge in [-0.05, 0) is 94.8 Å². The van der Waals surface area contributed by atoms with Crippen molar-refractivity contribution in [2.45, 2.75) is 216 Å². The van der Waals surface area contributed by atoms with Crippen LogP contribution >= 0.6 is 0 Å². The maximum Gasteiger partial charge on any atom is 0.246 e. The molecule has 0 bridgehead atoms. The maximum absolute atomic E-state index is 15.2. The molecule has 5 N–H and O–H groups in total. The van der Waals surface area contributed by atoms with Gasteiger partial charge in [-0.1, -0.05) is 108 Å². The van der Waals surface area contributed by atoms with Crippen LogP contribution in [0, 0.1) is 41.4 Å². The molecule has 0 radical (unpaired) electrons. The highest BCUT2D eigenvalue weighted by Gasteiger charge is 2.46. The second kappa shape index (κ2) is 35.4.